The van der Waals surface area contributed by atoms with Gasteiger partial charge in [-0.15, -0.1) is 0 Å². The van der Waals surface area contributed by atoms with Gasteiger partial charge in [-0.2, -0.15) is 4.58 Å². The van der Waals surface area contributed by atoms with Crippen molar-refractivity contribution >= 4 is 11.4 Å². The van der Waals surface area contributed by atoms with E-state index < -0.39 is 0 Å². The Balaban J connectivity index is 2.17. The first kappa shape index (κ1) is 15.0. The normalized spacial score (nSPS) is 16.1. The highest BCUT2D eigenvalue weighted by Crippen LogP contribution is 2.41. The van der Waals surface area contributed by atoms with E-state index in [1.54, 1.807) is 0 Å². The highest BCUT2D eigenvalue weighted by molar-refractivity contribution is 5.94. The molecule has 0 amide bonds. The summed E-state index contributed by atoms with van der Waals surface area (Å²) in [6.07, 6.45) is 0. The first-order valence-corrected chi connectivity index (χ1v) is 8.19. The number of rotatable bonds is 2. The topological polar surface area (TPSA) is 3.01 Å². The molecule has 0 N–H and O–H groups in total. The third-order valence-corrected chi connectivity index (χ3v) is 5.14. The van der Waals surface area contributed by atoms with Gasteiger partial charge in [0.1, 0.15) is 6.54 Å². The molecule has 114 valence electrons. The highest BCUT2D eigenvalue weighted by Gasteiger charge is 2.42. The van der Waals surface area contributed by atoms with E-state index in [1.165, 1.54) is 39.2 Å². The minimum Gasteiger partial charge on any atom is -0.199 e. The predicted molar refractivity (Wildman–Crippen MR) is 95.5 cm³/mol. The maximum atomic E-state index is 2.45. The van der Waals surface area contributed by atoms with E-state index in [0.29, 0.717) is 0 Å². The molecule has 2 aromatic carbocycles. The van der Waals surface area contributed by atoms with Gasteiger partial charge in [-0.25, -0.2) is 0 Å². The monoisotopic (exact) mass is 292 g/mol. The molecule has 0 atom stereocenters. The average molecular weight is 292 g/mol. The average Bonchev–Trinajstić information content (AvgIpc) is 2.65. The maximum Gasteiger partial charge on any atom is 0.209 e. The van der Waals surface area contributed by atoms with E-state index in [-0.39, 0.29) is 5.41 Å². The van der Waals surface area contributed by atoms with E-state index in [4.69, 9.17) is 0 Å². The van der Waals surface area contributed by atoms with Crippen LogP contribution in [0, 0.1) is 13.8 Å². The number of benzene rings is 2. The van der Waals surface area contributed by atoms with Crippen LogP contribution < -0.4 is 0 Å². The minimum absolute atomic E-state index is 0.111. The Labute approximate surface area is 134 Å². The van der Waals surface area contributed by atoms with Crippen molar-refractivity contribution in [3.05, 3.63) is 53.1 Å². The highest BCUT2D eigenvalue weighted by atomic mass is 15.0. The summed E-state index contributed by atoms with van der Waals surface area (Å²) in [5.74, 6) is 0. The lowest BCUT2D eigenvalue weighted by molar-refractivity contribution is -0.434. The van der Waals surface area contributed by atoms with Crippen molar-refractivity contribution in [2.75, 3.05) is 6.54 Å². The summed E-state index contributed by atoms with van der Waals surface area (Å²) < 4.78 is 2.45. The molecule has 22 heavy (non-hydrogen) atoms. The maximum absolute atomic E-state index is 2.45. The van der Waals surface area contributed by atoms with Gasteiger partial charge in [-0.05, 0) is 57.9 Å². The van der Waals surface area contributed by atoms with Crippen LogP contribution in [0.1, 0.15) is 44.4 Å². The van der Waals surface area contributed by atoms with Gasteiger partial charge in [0.15, 0.2) is 5.71 Å². The fourth-order valence-corrected chi connectivity index (χ4v) is 3.71. The van der Waals surface area contributed by atoms with Crippen molar-refractivity contribution in [3.8, 4) is 11.1 Å². The van der Waals surface area contributed by atoms with Crippen molar-refractivity contribution < 1.29 is 4.58 Å². The molecule has 0 aliphatic carbocycles. The molecule has 0 saturated carbocycles. The molecule has 3 rings (SSSR count). The van der Waals surface area contributed by atoms with Crippen LogP contribution in [0.3, 0.4) is 0 Å². The van der Waals surface area contributed by atoms with Gasteiger partial charge in [0.25, 0.3) is 0 Å². The lowest BCUT2D eigenvalue weighted by Gasteiger charge is -2.16. The Hall–Kier alpha value is -1.89. The van der Waals surface area contributed by atoms with Gasteiger partial charge in [0, 0.05) is 18.6 Å². The Morgan fingerprint density at radius 3 is 2.09 bits per heavy atom. The number of hydrogen-bond acceptors (Lipinski definition) is 0. The molecule has 0 aromatic heterocycles. The number of nitrogens with zero attached hydrogens (tertiary/aromatic N) is 1. The third kappa shape index (κ3) is 2.20. The van der Waals surface area contributed by atoms with Crippen LogP contribution in [-0.4, -0.2) is 16.8 Å². The molecular weight excluding hydrogens is 266 g/mol. The molecule has 1 aliphatic heterocycles. The molecule has 0 fully saturated rings. The second-order valence-electron chi connectivity index (χ2n) is 7.06. The van der Waals surface area contributed by atoms with Gasteiger partial charge in [0.05, 0.1) is 5.41 Å². The van der Waals surface area contributed by atoms with E-state index in [2.05, 4.69) is 82.5 Å². The van der Waals surface area contributed by atoms with Crippen LogP contribution >= 0.6 is 0 Å². The predicted octanol–water partition coefficient (Wildman–Crippen LogP) is 5.39. The lowest BCUT2D eigenvalue weighted by atomic mass is 9.81. The molecular formula is C21H26N+. The molecule has 1 aliphatic rings. The van der Waals surface area contributed by atoms with Crippen LogP contribution in [0.4, 0.5) is 5.69 Å². The van der Waals surface area contributed by atoms with Crippen molar-refractivity contribution in [3.63, 3.8) is 0 Å². The number of hydrogen-bond donors (Lipinski definition) is 0. The summed E-state index contributed by atoms with van der Waals surface area (Å²) in [5, 5.41) is 0. The zero-order valence-corrected chi connectivity index (χ0v) is 14.6. The Kier molecular flexibility index (Phi) is 3.47. The van der Waals surface area contributed by atoms with Crippen molar-refractivity contribution in [2.45, 2.75) is 47.0 Å². The molecule has 2 aromatic rings. The Bertz CT molecular complexity index is 758. The van der Waals surface area contributed by atoms with E-state index >= 15 is 0 Å². The van der Waals surface area contributed by atoms with Gasteiger partial charge in [-0.1, -0.05) is 29.3 Å². The van der Waals surface area contributed by atoms with Gasteiger partial charge in [0.2, 0.25) is 5.69 Å². The minimum atomic E-state index is 0.111. The molecule has 1 heteroatoms. The van der Waals surface area contributed by atoms with Gasteiger partial charge < -0.3 is 0 Å². The Morgan fingerprint density at radius 1 is 0.864 bits per heavy atom. The molecule has 1 nitrogen and oxygen atoms in total. The van der Waals surface area contributed by atoms with E-state index in [1.807, 2.05) is 0 Å². The fraction of sp³-hybridized carbons (Fsp3) is 0.381. The zero-order valence-electron chi connectivity index (χ0n) is 14.6. The number of fused-ring (bicyclic) bond motifs is 1. The first-order chi connectivity index (χ1) is 10.3. The summed E-state index contributed by atoms with van der Waals surface area (Å²) in [6.45, 7) is 14.5. The van der Waals surface area contributed by atoms with Crippen LogP contribution in [0.15, 0.2) is 36.4 Å². The second-order valence-corrected chi connectivity index (χ2v) is 7.06. The molecule has 1 heterocycles. The summed E-state index contributed by atoms with van der Waals surface area (Å²) in [6, 6.07) is 13.8. The van der Waals surface area contributed by atoms with Crippen LogP contribution in [-0.2, 0) is 5.41 Å². The standard InChI is InChI=1S/C21H26N/c1-7-22-16(4)21(5,6)19-13-17(8-9-20(19)22)18-11-14(2)10-15(3)12-18/h8-13H,7H2,1-6H3/q+1. The van der Waals surface area contributed by atoms with Crippen molar-refractivity contribution in [1.82, 2.24) is 0 Å². The van der Waals surface area contributed by atoms with Gasteiger partial charge in [-0.3, -0.25) is 0 Å². The summed E-state index contributed by atoms with van der Waals surface area (Å²) in [5.41, 5.74) is 9.68. The fourth-order valence-electron chi connectivity index (χ4n) is 3.71. The van der Waals surface area contributed by atoms with Gasteiger partial charge >= 0.3 is 0 Å². The quantitative estimate of drug-likeness (QED) is 0.653. The van der Waals surface area contributed by atoms with Crippen molar-refractivity contribution in [2.24, 2.45) is 0 Å². The smallest absolute Gasteiger partial charge is 0.199 e. The summed E-state index contributed by atoms with van der Waals surface area (Å²) in [4.78, 5) is 0. The zero-order chi connectivity index (χ0) is 16.1. The van der Waals surface area contributed by atoms with Crippen LogP contribution in [0.5, 0.6) is 0 Å². The first-order valence-electron chi connectivity index (χ1n) is 8.19. The SMILES string of the molecule is CC[N+]1=C(C)C(C)(C)c2cc(-c3cc(C)cc(C)c3)ccc21. The molecule has 0 spiro atoms. The van der Waals surface area contributed by atoms with E-state index in [9.17, 15) is 0 Å². The number of aryl methyl sites for hydroxylation is 2. The van der Waals surface area contributed by atoms with Crippen LogP contribution in [0.2, 0.25) is 0 Å². The second kappa shape index (κ2) is 5.08. The van der Waals surface area contributed by atoms with Crippen molar-refractivity contribution in [1.29, 1.82) is 0 Å². The largest absolute Gasteiger partial charge is 0.209 e. The van der Waals surface area contributed by atoms with Crippen LogP contribution in [0.25, 0.3) is 11.1 Å². The third-order valence-electron chi connectivity index (χ3n) is 5.14. The molecule has 0 radical (unpaired) electrons. The summed E-state index contributed by atoms with van der Waals surface area (Å²) >= 11 is 0. The van der Waals surface area contributed by atoms with E-state index in [0.717, 1.165) is 6.54 Å². The summed E-state index contributed by atoms with van der Waals surface area (Å²) in [7, 11) is 0. The lowest BCUT2D eigenvalue weighted by Crippen LogP contribution is -2.26. The molecule has 0 saturated heterocycles. The Morgan fingerprint density at radius 2 is 1.50 bits per heavy atom. The molecule has 0 unspecified atom stereocenters. The molecule has 0 bridgehead atoms.